The van der Waals surface area contributed by atoms with E-state index in [0.29, 0.717) is 12.1 Å². The van der Waals surface area contributed by atoms with Gasteiger partial charge in [0, 0.05) is 6.54 Å². The summed E-state index contributed by atoms with van der Waals surface area (Å²) in [5, 5.41) is 3.39. The number of hydrogen-bond acceptors (Lipinski definition) is 2. The van der Waals surface area contributed by atoms with Gasteiger partial charge in [0.25, 0.3) is 0 Å². The van der Waals surface area contributed by atoms with Crippen molar-refractivity contribution in [2.45, 2.75) is 63.3 Å². The van der Waals surface area contributed by atoms with Gasteiger partial charge in [-0.3, -0.25) is 10.1 Å². The first-order chi connectivity index (χ1) is 11.4. The van der Waals surface area contributed by atoms with Gasteiger partial charge in [0.05, 0.1) is 11.1 Å². The lowest BCUT2D eigenvalue weighted by molar-refractivity contribution is -0.137. The summed E-state index contributed by atoms with van der Waals surface area (Å²) in [5.74, 6) is 0.0476. The summed E-state index contributed by atoms with van der Waals surface area (Å²) >= 11 is 0. The molecule has 1 saturated heterocycles. The normalized spacial score (nSPS) is 23.9. The molecule has 1 aliphatic carbocycles. The SMILES string of the molecule is CCCN1C(=O)C2(CCCCC2)N[C@H]1c1cccc(C(F)(F)F)c1. The number of halogens is 3. The topological polar surface area (TPSA) is 32.3 Å². The Kier molecular flexibility index (Phi) is 4.60. The zero-order valence-electron chi connectivity index (χ0n) is 13.8. The van der Waals surface area contributed by atoms with Crippen molar-refractivity contribution >= 4 is 5.91 Å². The summed E-state index contributed by atoms with van der Waals surface area (Å²) in [6.07, 6.45) is 0.525. The maximum absolute atomic E-state index is 13.0. The van der Waals surface area contributed by atoms with E-state index in [1.54, 1.807) is 11.0 Å². The number of carbonyl (C=O) groups is 1. The molecule has 0 aromatic heterocycles. The fourth-order valence-electron chi connectivity index (χ4n) is 3.93. The van der Waals surface area contributed by atoms with E-state index in [9.17, 15) is 18.0 Å². The highest BCUT2D eigenvalue weighted by atomic mass is 19.4. The third kappa shape index (κ3) is 3.04. The van der Waals surface area contributed by atoms with Crippen molar-refractivity contribution in [2.24, 2.45) is 0 Å². The predicted octanol–water partition coefficient (Wildman–Crippen LogP) is 4.25. The van der Waals surface area contributed by atoms with Crippen LogP contribution in [0.1, 0.15) is 62.7 Å². The van der Waals surface area contributed by atoms with Crippen LogP contribution >= 0.6 is 0 Å². The van der Waals surface area contributed by atoms with E-state index in [2.05, 4.69) is 5.32 Å². The summed E-state index contributed by atoms with van der Waals surface area (Å²) in [4.78, 5) is 14.7. The van der Waals surface area contributed by atoms with Gasteiger partial charge in [-0.25, -0.2) is 0 Å². The molecule has 1 atom stereocenters. The largest absolute Gasteiger partial charge is 0.416 e. The molecule has 1 heterocycles. The third-order valence-electron chi connectivity index (χ3n) is 5.10. The second-order valence-corrected chi connectivity index (χ2v) is 6.81. The number of alkyl halides is 3. The molecule has 1 spiro atoms. The minimum atomic E-state index is -4.38. The molecule has 2 fully saturated rings. The molecule has 24 heavy (non-hydrogen) atoms. The molecule has 6 heteroatoms. The van der Waals surface area contributed by atoms with Crippen molar-refractivity contribution < 1.29 is 18.0 Å². The average molecular weight is 340 g/mol. The van der Waals surface area contributed by atoms with Crippen LogP contribution in [0.4, 0.5) is 13.2 Å². The van der Waals surface area contributed by atoms with E-state index >= 15 is 0 Å². The first kappa shape index (κ1) is 17.3. The lowest BCUT2D eigenvalue weighted by Crippen LogP contribution is -2.48. The molecular weight excluding hydrogens is 317 g/mol. The molecule has 1 aromatic rings. The fourth-order valence-corrected chi connectivity index (χ4v) is 3.93. The molecule has 1 amide bonds. The highest BCUT2D eigenvalue weighted by Crippen LogP contribution is 2.40. The number of rotatable bonds is 3. The summed E-state index contributed by atoms with van der Waals surface area (Å²) < 4.78 is 39.1. The smallest absolute Gasteiger partial charge is 0.321 e. The zero-order chi connectivity index (χ0) is 17.4. The molecule has 0 radical (unpaired) electrons. The van der Waals surface area contributed by atoms with Gasteiger partial charge in [0.15, 0.2) is 0 Å². The van der Waals surface area contributed by atoms with E-state index in [0.717, 1.165) is 50.7 Å². The fraction of sp³-hybridized carbons (Fsp3) is 0.611. The second-order valence-electron chi connectivity index (χ2n) is 6.81. The summed E-state index contributed by atoms with van der Waals surface area (Å²) in [6, 6.07) is 5.32. The highest BCUT2D eigenvalue weighted by molar-refractivity contribution is 5.89. The van der Waals surface area contributed by atoms with Gasteiger partial charge in [-0.15, -0.1) is 0 Å². The first-order valence-electron chi connectivity index (χ1n) is 8.63. The van der Waals surface area contributed by atoms with Crippen LogP contribution in [0.2, 0.25) is 0 Å². The highest BCUT2D eigenvalue weighted by Gasteiger charge is 2.51. The number of hydrogen-bond donors (Lipinski definition) is 1. The van der Waals surface area contributed by atoms with E-state index in [-0.39, 0.29) is 5.91 Å². The Bertz CT molecular complexity index is 609. The van der Waals surface area contributed by atoms with Gasteiger partial charge in [0.2, 0.25) is 5.91 Å². The minimum absolute atomic E-state index is 0.0476. The first-order valence-corrected chi connectivity index (χ1v) is 8.63. The minimum Gasteiger partial charge on any atom is -0.321 e. The number of benzene rings is 1. The van der Waals surface area contributed by atoms with Crippen LogP contribution in [-0.4, -0.2) is 22.9 Å². The maximum Gasteiger partial charge on any atom is 0.416 e. The molecule has 2 aliphatic rings. The third-order valence-corrected chi connectivity index (χ3v) is 5.10. The van der Waals surface area contributed by atoms with Crippen molar-refractivity contribution in [3.63, 3.8) is 0 Å². The van der Waals surface area contributed by atoms with Crippen molar-refractivity contribution in [3.8, 4) is 0 Å². The second kappa shape index (κ2) is 6.39. The molecule has 132 valence electrons. The van der Waals surface area contributed by atoms with Gasteiger partial charge in [-0.1, -0.05) is 38.3 Å². The quantitative estimate of drug-likeness (QED) is 0.892. The Balaban J connectivity index is 1.95. The van der Waals surface area contributed by atoms with E-state index < -0.39 is 23.4 Å². The lowest BCUT2D eigenvalue weighted by Gasteiger charge is -2.31. The van der Waals surface area contributed by atoms with Crippen LogP contribution in [0.15, 0.2) is 24.3 Å². The van der Waals surface area contributed by atoms with E-state index in [4.69, 9.17) is 0 Å². The van der Waals surface area contributed by atoms with Crippen molar-refractivity contribution in [1.29, 1.82) is 0 Å². The summed E-state index contributed by atoms with van der Waals surface area (Å²) in [6.45, 7) is 2.52. The molecule has 1 aliphatic heterocycles. The molecule has 1 N–H and O–H groups in total. The monoisotopic (exact) mass is 340 g/mol. The molecule has 3 nitrogen and oxygen atoms in total. The average Bonchev–Trinajstić information content (AvgIpc) is 2.81. The van der Waals surface area contributed by atoms with Gasteiger partial charge in [0.1, 0.15) is 6.17 Å². The number of amides is 1. The Morgan fingerprint density at radius 1 is 1.25 bits per heavy atom. The van der Waals surface area contributed by atoms with Crippen LogP contribution in [0.25, 0.3) is 0 Å². The van der Waals surface area contributed by atoms with Crippen LogP contribution in [0.5, 0.6) is 0 Å². The number of carbonyl (C=O) groups excluding carboxylic acids is 1. The van der Waals surface area contributed by atoms with Crippen LogP contribution in [0.3, 0.4) is 0 Å². The Labute approximate surface area is 140 Å². The van der Waals surface area contributed by atoms with Gasteiger partial charge >= 0.3 is 6.18 Å². The molecular formula is C18H23F3N2O. The van der Waals surface area contributed by atoms with Crippen LogP contribution in [-0.2, 0) is 11.0 Å². The Hall–Kier alpha value is -1.56. The number of nitrogens with one attached hydrogen (secondary N) is 1. The van der Waals surface area contributed by atoms with E-state index in [1.807, 2.05) is 6.92 Å². The van der Waals surface area contributed by atoms with Gasteiger partial charge in [-0.2, -0.15) is 13.2 Å². The molecule has 0 unspecified atom stereocenters. The summed E-state index contributed by atoms with van der Waals surface area (Å²) in [5.41, 5.74) is -0.754. The van der Waals surface area contributed by atoms with E-state index in [1.165, 1.54) is 6.07 Å². The Morgan fingerprint density at radius 2 is 1.96 bits per heavy atom. The molecule has 1 saturated carbocycles. The maximum atomic E-state index is 13.0. The van der Waals surface area contributed by atoms with Crippen LogP contribution < -0.4 is 5.32 Å². The van der Waals surface area contributed by atoms with Crippen LogP contribution in [0, 0.1) is 0 Å². The summed E-state index contributed by atoms with van der Waals surface area (Å²) in [7, 11) is 0. The van der Waals surface area contributed by atoms with Crippen molar-refractivity contribution in [2.75, 3.05) is 6.54 Å². The molecule has 1 aromatic carbocycles. The standard InChI is InChI=1S/C18H23F3N2O/c1-2-11-23-15(13-7-6-8-14(12-13)18(19,20)21)22-17(16(23)24)9-4-3-5-10-17/h6-8,12,15,22H,2-5,9-11H2,1H3/t15-/m1/s1. The van der Waals surface area contributed by atoms with Gasteiger partial charge in [-0.05, 0) is 37.0 Å². The van der Waals surface area contributed by atoms with Crippen molar-refractivity contribution in [3.05, 3.63) is 35.4 Å². The predicted molar refractivity (Wildman–Crippen MR) is 85.1 cm³/mol. The van der Waals surface area contributed by atoms with Gasteiger partial charge < -0.3 is 4.90 Å². The molecule has 0 bridgehead atoms. The molecule has 3 rings (SSSR count). The number of nitrogens with zero attached hydrogens (tertiary/aromatic N) is 1. The Morgan fingerprint density at radius 3 is 2.58 bits per heavy atom. The lowest BCUT2D eigenvalue weighted by atomic mass is 9.81. The zero-order valence-corrected chi connectivity index (χ0v) is 13.8. The van der Waals surface area contributed by atoms with Crippen molar-refractivity contribution in [1.82, 2.24) is 10.2 Å².